The van der Waals surface area contributed by atoms with Crippen molar-refractivity contribution in [3.8, 4) is 0 Å². The number of halogens is 1. The predicted molar refractivity (Wildman–Crippen MR) is 74.6 cm³/mol. The summed E-state index contributed by atoms with van der Waals surface area (Å²) in [6.07, 6.45) is 0. The fourth-order valence-corrected chi connectivity index (χ4v) is 1.39. The maximum atomic E-state index is 11.8. The molecule has 0 fully saturated rings. The first-order valence-corrected chi connectivity index (χ1v) is 5.55. The number of anilines is 1. The van der Waals surface area contributed by atoms with E-state index in [4.69, 9.17) is 5.73 Å². The zero-order chi connectivity index (χ0) is 12.3. The third-order valence-corrected chi connectivity index (χ3v) is 2.67. The molecule has 3 nitrogen and oxygen atoms in total. The highest BCUT2D eigenvalue weighted by Crippen LogP contribution is 2.16. The Kier molecular flexibility index (Phi) is 6.21. The Hall–Kier alpha value is -1.06. The lowest BCUT2D eigenvalue weighted by Crippen LogP contribution is -2.39. The third-order valence-electron chi connectivity index (χ3n) is 2.67. The van der Waals surface area contributed by atoms with Crippen LogP contribution in [0.5, 0.6) is 0 Å². The van der Waals surface area contributed by atoms with Crippen LogP contribution < -0.4 is 11.1 Å². The van der Waals surface area contributed by atoms with Crippen molar-refractivity contribution in [1.29, 1.82) is 0 Å². The molecule has 3 N–H and O–H groups in total. The van der Waals surface area contributed by atoms with Gasteiger partial charge in [-0.1, -0.05) is 26.0 Å². The highest BCUT2D eigenvalue weighted by Gasteiger charge is 2.17. The second-order valence-electron chi connectivity index (χ2n) is 4.58. The summed E-state index contributed by atoms with van der Waals surface area (Å²) in [7, 11) is 0. The van der Waals surface area contributed by atoms with E-state index in [2.05, 4.69) is 5.32 Å². The predicted octanol–water partition coefficient (Wildman–Crippen LogP) is 2.65. The van der Waals surface area contributed by atoms with Crippen LogP contribution in [0.25, 0.3) is 0 Å². The quantitative estimate of drug-likeness (QED) is 0.874. The summed E-state index contributed by atoms with van der Waals surface area (Å²) in [5.74, 6) is 0.0221. The smallest absolute Gasteiger partial charge is 0.241 e. The molecule has 4 heteroatoms. The summed E-state index contributed by atoms with van der Waals surface area (Å²) in [6, 6.07) is 5.51. The van der Waals surface area contributed by atoms with Crippen LogP contribution in [0.15, 0.2) is 18.2 Å². The van der Waals surface area contributed by atoms with E-state index in [-0.39, 0.29) is 24.2 Å². The maximum absolute atomic E-state index is 11.8. The lowest BCUT2D eigenvalue weighted by atomic mass is 10.0. The fraction of sp³-hybridized carbons (Fsp3) is 0.462. The van der Waals surface area contributed by atoms with E-state index >= 15 is 0 Å². The van der Waals surface area contributed by atoms with Gasteiger partial charge in [-0.05, 0) is 37.0 Å². The molecular weight excluding hydrogens is 236 g/mol. The zero-order valence-corrected chi connectivity index (χ0v) is 11.6. The molecule has 1 amide bonds. The Balaban J connectivity index is 0.00000256. The van der Waals surface area contributed by atoms with Gasteiger partial charge in [0.05, 0.1) is 6.04 Å². The molecule has 0 heterocycles. The van der Waals surface area contributed by atoms with Crippen LogP contribution in [0, 0.1) is 19.8 Å². The maximum Gasteiger partial charge on any atom is 0.241 e. The van der Waals surface area contributed by atoms with Crippen LogP contribution in [-0.2, 0) is 4.79 Å². The summed E-state index contributed by atoms with van der Waals surface area (Å²) < 4.78 is 0. The van der Waals surface area contributed by atoms with Crippen LogP contribution in [0.1, 0.15) is 25.0 Å². The van der Waals surface area contributed by atoms with Gasteiger partial charge in [0.25, 0.3) is 0 Å². The van der Waals surface area contributed by atoms with Crippen LogP contribution in [-0.4, -0.2) is 11.9 Å². The van der Waals surface area contributed by atoms with Crippen molar-refractivity contribution in [2.75, 3.05) is 5.32 Å². The molecule has 0 aliphatic carbocycles. The largest absolute Gasteiger partial charge is 0.324 e. The average Bonchev–Trinajstić information content (AvgIpc) is 2.22. The van der Waals surface area contributed by atoms with Gasteiger partial charge in [-0.3, -0.25) is 4.79 Å². The number of amides is 1. The third kappa shape index (κ3) is 4.36. The van der Waals surface area contributed by atoms with Gasteiger partial charge in [-0.2, -0.15) is 0 Å². The number of hydrogen-bond donors (Lipinski definition) is 2. The van der Waals surface area contributed by atoms with Gasteiger partial charge in [0, 0.05) is 5.69 Å². The van der Waals surface area contributed by atoms with E-state index in [0.29, 0.717) is 0 Å². The van der Waals surface area contributed by atoms with E-state index in [1.807, 2.05) is 45.9 Å². The lowest BCUT2D eigenvalue weighted by molar-refractivity contribution is -0.118. The summed E-state index contributed by atoms with van der Waals surface area (Å²) >= 11 is 0. The van der Waals surface area contributed by atoms with Gasteiger partial charge in [-0.15, -0.1) is 12.4 Å². The molecule has 0 aliphatic heterocycles. The standard InChI is InChI=1S/C13H20N2O.ClH/c1-8(2)12(14)13(16)15-11-7-9(3)5-6-10(11)4;/h5-8,12H,14H2,1-4H3,(H,15,16);1H. The van der Waals surface area contributed by atoms with Crippen LogP contribution in [0.3, 0.4) is 0 Å². The van der Waals surface area contributed by atoms with Gasteiger partial charge in [0.1, 0.15) is 0 Å². The second-order valence-corrected chi connectivity index (χ2v) is 4.58. The van der Waals surface area contributed by atoms with Gasteiger partial charge in [0.2, 0.25) is 5.91 Å². The van der Waals surface area contributed by atoms with Crippen LogP contribution >= 0.6 is 12.4 Å². The number of aryl methyl sites for hydroxylation is 2. The molecule has 0 radical (unpaired) electrons. The van der Waals surface area contributed by atoms with Gasteiger partial charge in [-0.25, -0.2) is 0 Å². The Morgan fingerprint density at radius 1 is 1.29 bits per heavy atom. The first kappa shape index (κ1) is 15.9. The van der Waals surface area contributed by atoms with E-state index in [0.717, 1.165) is 16.8 Å². The summed E-state index contributed by atoms with van der Waals surface area (Å²) in [4.78, 5) is 11.8. The Labute approximate surface area is 109 Å². The van der Waals surface area contributed by atoms with Gasteiger partial charge in [0.15, 0.2) is 0 Å². The molecule has 0 aromatic heterocycles. The topological polar surface area (TPSA) is 55.1 Å². The molecule has 1 atom stereocenters. The van der Waals surface area contributed by atoms with Crippen molar-refractivity contribution in [3.63, 3.8) is 0 Å². The highest BCUT2D eigenvalue weighted by atomic mass is 35.5. The van der Waals surface area contributed by atoms with Crippen molar-refractivity contribution in [1.82, 2.24) is 0 Å². The SMILES string of the molecule is Cc1ccc(C)c(NC(=O)C(N)C(C)C)c1.Cl. The van der Waals surface area contributed by atoms with E-state index in [9.17, 15) is 4.79 Å². The van der Waals surface area contributed by atoms with E-state index < -0.39 is 6.04 Å². The number of rotatable bonds is 3. The number of carbonyl (C=O) groups is 1. The molecule has 17 heavy (non-hydrogen) atoms. The summed E-state index contributed by atoms with van der Waals surface area (Å²) in [5, 5.41) is 2.87. The first-order chi connectivity index (χ1) is 7.41. The first-order valence-electron chi connectivity index (χ1n) is 5.55. The number of nitrogens with two attached hydrogens (primary N) is 1. The molecule has 0 aliphatic rings. The monoisotopic (exact) mass is 256 g/mol. The minimum Gasteiger partial charge on any atom is -0.324 e. The molecule has 96 valence electrons. The second kappa shape index (κ2) is 6.62. The van der Waals surface area contributed by atoms with Gasteiger partial charge >= 0.3 is 0 Å². The molecule has 0 saturated heterocycles. The Morgan fingerprint density at radius 2 is 1.88 bits per heavy atom. The van der Waals surface area contributed by atoms with Crippen LogP contribution in [0.4, 0.5) is 5.69 Å². The normalized spacial score (nSPS) is 11.9. The molecule has 1 unspecified atom stereocenters. The van der Waals surface area contributed by atoms with Crippen molar-refractivity contribution in [2.45, 2.75) is 33.7 Å². The van der Waals surface area contributed by atoms with Crippen molar-refractivity contribution >= 4 is 24.0 Å². The molecular formula is C13H21ClN2O. The lowest BCUT2D eigenvalue weighted by Gasteiger charge is -2.16. The van der Waals surface area contributed by atoms with Crippen molar-refractivity contribution < 1.29 is 4.79 Å². The fourth-order valence-electron chi connectivity index (χ4n) is 1.39. The molecule has 1 aromatic rings. The molecule has 1 rings (SSSR count). The van der Waals surface area contributed by atoms with Crippen molar-refractivity contribution in [3.05, 3.63) is 29.3 Å². The zero-order valence-electron chi connectivity index (χ0n) is 10.8. The Bertz CT molecular complexity index is 391. The number of carbonyl (C=O) groups excluding carboxylic acids is 1. The highest BCUT2D eigenvalue weighted by molar-refractivity contribution is 5.95. The summed E-state index contributed by atoms with van der Waals surface area (Å²) in [5.41, 5.74) is 8.81. The van der Waals surface area contributed by atoms with E-state index in [1.54, 1.807) is 0 Å². The minimum absolute atomic E-state index is 0. The van der Waals surface area contributed by atoms with Crippen molar-refractivity contribution in [2.24, 2.45) is 11.7 Å². The molecule has 0 saturated carbocycles. The molecule has 1 aromatic carbocycles. The summed E-state index contributed by atoms with van der Waals surface area (Å²) in [6.45, 7) is 7.84. The minimum atomic E-state index is -0.458. The van der Waals surface area contributed by atoms with Gasteiger partial charge < -0.3 is 11.1 Å². The Morgan fingerprint density at radius 3 is 2.41 bits per heavy atom. The number of nitrogens with one attached hydrogen (secondary N) is 1. The van der Waals surface area contributed by atoms with E-state index in [1.165, 1.54) is 0 Å². The average molecular weight is 257 g/mol. The molecule has 0 spiro atoms. The number of hydrogen-bond acceptors (Lipinski definition) is 2. The number of benzene rings is 1. The molecule has 0 bridgehead atoms. The van der Waals surface area contributed by atoms with Crippen LogP contribution in [0.2, 0.25) is 0 Å².